The van der Waals surface area contributed by atoms with Crippen molar-refractivity contribution in [2.45, 2.75) is 37.7 Å². The van der Waals surface area contributed by atoms with Crippen LogP contribution < -0.4 is 0 Å². The SMILES string of the molecule is CCCC[C@](O)(c1ccc(F)cc1)[C@H](CN1CCOCC1)c1ccccc1. The van der Waals surface area contributed by atoms with E-state index in [1.165, 1.54) is 12.1 Å². The fraction of sp³-hybridized carbons (Fsp3) is 0.478. The Morgan fingerprint density at radius 2 is 1.74 bits per heavy atom. The van der Waals surface area contributed by atoms with Crippen molar-refractivity contribution < 1.29 is 14.2 Å². The molecule has 4 heteroatoms. The number of aliphatic hydroxyl groups is 1. The van der Waals surface area contributed by atoms with Gasteiger partial charge in [-0.25, -0.2) is 4.39 Å². The summed E-state index contributed by atoms with van der Waals surface area (Å²) < 4.78 is 19.0. The number of unbranched alkanes of at least 4 members (excludes halogenated alkanes) is 1. The van der Waals surface area contributed by atoms with Crippen LogP contribution in [0, 0.1) is 5.82 Å². The lowest BCUT2D eigenvalue weighted by Crippen LogP contribution is -2.45. The standard InChI is InChI=1S/C23H30FNO2/c1-2-3-13-23(26,20-9-11-21(24)12-10-20)22(19-7-5-4-6-8-19)18-25-14-16-27-17-15-25/h4-12,22,26H,2-3,13-18H2,1H3/t22-,23+/m1/s1. The summed E-state index contributed by atoms with van der Waals surface area (Å²) in [4.78, 5) is 2.36. The molecule has 0 unspecified atom stereocenters. The van der Waals surface area contributed by atoms with Gasteiger partial charge in [0.15, 0.2) is 0 Å². The average Bonchev–Trinajstić information content (AvgIpc) is 2.72. The van der Waals surface area contributed by atoms with Crippen LogP contribution in [-0.4, -0.2) is 42.9 Å². The van der Waals surface area contributed by atoms with Gasteiger partial charge in [-0.2, -0.15) is 0 Å². The fourth-order valence-corrected chi connectivity index (χ4v) is 3.96. The number of morpholine rings is 1. The van der Waals surface area contributed by atoms with Gasteiger partial charge in [-0.1, -0.05) is 62.2 Å². The van der Waals surface area contributed by atoms with Crippen LogP contribution in [0.15, 0.2) is 54.6 Å². The summed E-state index contributed by atoms with van der Waals surface area (Å²) in [5.41, 5.74) is 0.870. The maximum atomic E-state index is 13.5. The highest BCUT2D eigenvalue weighted by Crippen LogP contribution is 2.41. The summed E-state index contributed by atoms with van der Waals surface area (Å²) >= 11 is 0. The molecular formula is C23H30FNO2. The number of halogens is 1. The zero-order valence-corrected chi connectivity index (χ0v) is 16.1. The Morgan fingerprint density at radius 3 is 2.37 bits per heavy atom. The summed E-state index contributed by atoms with van der Waals surface area (Å²) in [6.07, 6.45) is 2.57. The lowest BCUT2D eigenvalue weighted by Gasteiger charge is -2.41. The van der Waals surface area contributed by atoms with Crippen molar-refractivity contribution in [1.82, 2.24) is 4.90 Å². The predicted molar refractivity (Wildman–Crippen MR) is 106 cm³/mol. The summed E-state index contributed by atoms with van der Waals surface area (Å²) in [6.45, 7) is 6.08. The predicted octanol–water partition coefficient (Wildman–Crippen LogP) is 4.32. The zero-order valence-electron chi connectivity index (χ0n) is 16.1. The monoisotopic (exact) mass is 371 g/mol. The number of hydrogen-bond donors (Lipinski definition) is 1. The van der Waals surface area contributed by atoms with Gasteiger partial charge in [0.2, 0.25) is 0 Å². The second kappa shape index (κ2) is 9.45. The van der Waals surface area contributed by atoms with Crippen molar-refractivity contribution in [3.05, 3.63) is 71.5 Å². The highest BCUT2D eigenvalue weighted by molar-refractivity contribution is 5.32. The van der Waals surface area contributed by atoms with Gasteiger partial charge in [0.1, 0.15) is 5.82 Å². The van der Waals surface area contributed by atoms with Gasteiger partial charge in [0, 0.05) is 25.6 Å². The summed E-state index contributed by atoms with van der Waals surface area (Å²) in [5.74, 6) is -0.366. The third-order valence-corrected chi connectivity index (χ3v) is 5.58. The molecule has 1 saturated heterocycles. The largest absolute Gasteiger partial charge is 0.384 e. The number of benzene rings is 2. The molecule has 146 valence electrons. The van der Waals surface area contributed by atoms with E-state index in [4.69, 9.17) is 4.74 Å². The lowest BCUT2D eigenvalue weighted by molar-refractivity contribution is -0.0294. The average molecular weight is 371 g/mol. The van der Waals surface area contributed by atoms with Crippen molar-refractivity contribution in [2.75, 3.05) is 32.8 Å². The molecule has 1 aliphatic rings. The molecule has 27 heavy (non-hydrogen) atoms. The van der Waals surface area contributed by atoms with E-state index >= 15 is 0 Å². The van der Waals surface area contributed by atoms with Crippen molar-refractivity contribution in [3.63, 3.8) is 0 Å². The molecule has 0 radical (unpaired) electrons. The first-order chi connectivity index (χ1) is 13.1. The zero-order chi connectivity index (χ0) is 19.1. The third kappa shape index (κ3) is 4.95. The Bertz CT molecular complexity index is 685. The number of ether oxygens (including phenoxy) is 1. The fourth-order valence-electron chi connectivity index (χ4n) is 3.96. The molecule has 0 aromatic heterocycles. The van der Waals surface area contributed by atoms with Crippen molar-refractivity contribution in [2.24, 2.45) is 0 Å². The van der Waals surface area contributed by atoms with E-state index in [2.05, 4.69) is 24.0 Å². The van der Waals surface area contributed by atoms with Gasteiger partial charge in [0.25, 0.3) is 0 Å². The molecule has 0 spiro atoms. The van der Waals surface area contributed by atoms with Crippen molar-refractivity contribution >= 4 is 0 Å². The smallest absolute Gasteiger partial charge is 0.123 e. The van der Waals surface area contributed by atoms with E-state index in [0.717, 1.165) is 56.8 Å². The maximum Gasteiger partial charge on any atom is 0.123 e. The highest BCUT2D eigenvalue weighted by Gasteiger charge is 2.40. The van der Waals surface area contributed by atoms with Gasteiger partial charge in [-0.15, -0.1) is 0 Å². The molecule has 3 rings (SSSR count). The summed E-state index contributed by atoms with van der Waals surface area (Å²) in [7, 11) is 0. The first-order valence-corrected chi connectivity index (χ1v) is 9.97. The molecule has 1 fully saturated rings. The Morgan fingerprint density at radius 1 is 1.07 bits per heavy atom. The molecule has 2 aromatic carbocycles. The third-order valence-electron chi connectivity index (χ3n) is 5.58. The lowest BCUT2D eigenvalue weighted by atomic mass is 9.74. The van der Waals surface area contributed by atoms with E-state index in [1.807, 2.05) is 18.2 Å². The van der Waals surface area contributed by atoms with Gasteiger partial charge < -0.3 is 9.84 Å². The van der Waals surface area contributed by atoms with E-state index < -0.39 is 5.60 Å². The quantitative estimate of drug-likeness (QED) is 0.750. The van der Waals surface area contributed by atoms with E-state index in [1.54, 1.807) is 12.1 Å². The molecule has 2 aromatic rings. The Labute approximate surface area is 161 Å². The van der Waals surface area contributed by atoms with Crippen molar-refractivity contribution in [1.29, 1.82) is 0 Å². The highest BCUT2D eigenvalue weighted by atomic mass is 19.1. The second-order valence-corrected chi connectivity index (χ2v) is 7.41. The maximum absolute atomic E-state index is 13.5. The Hall–Kier alpha value is -1.75. The minimum atomic E-state index is -1.04. The molecule has 2 atom stereocenters. The van der Waals surface area contributed by atoms with Crippen LogP contribution in [0.3, 0.4) is 0 Å². The second-order valence-electron chi connectivity index (χ2n) is 7.41. The van der Waals surface area contributed by atoms with Gasteiger partial charge in [0.05, 0.1) is 18.8 Å². The molecule has 0 saturated carbocycles. The topological polar surface area (TPSA) is 32.7 Å². The first-order valence-electron chi connectivity index (χ1n) is 9.97. The molecule has 1 N–H and O–H groups in total. The molecular weight excluding hydrogens is 341 g/mol. The minimum absolute atomic E-state index is 0.0891. The van der Waals surface area contributed by atoms with Crippen LogP contribution in [-0.2, 0) is 10.3 Å². The van der Waals surface area contributed by atoms with E-state index in [-0.39, 0.29) is 11.7 Å². The molecule has 0 aliphatic carbocycles. The van der Waals surface area contributed by atoms with Crippen LogP contribution in [0.4, 0.5) is 4.39 Å². The van der Waals surface area contributed by atoms with Crippen LogP contribution in [0.1, 0.15) is 43.2 Å². The summed E-state index contributed by atoms with van der Waals surface area (Å²) in [6, 6.07) is 16.6. The van der Waals surface area contributed by atoms with E-state index in [0.29, 0.717) is 6.42 Å². The van der Waals surface area contributed by atoms with Crippen LogP contribution in [0.5, 0.6) is 0 Å². The molecule has 3 nitrogen and oxygen atoms in total. The first kappa shape index (κ1) is 20.0. The number of hydrogen-bond acceptors (Lipinski definition) is 3. The summed E-state index contributed by atoms with van der Waals surface area (Å²) in [5, 5.41) is 12.0. The van der Waals surface area contributed by atoms with Gasteiger partial charge in [-0.05, 0) is 29.7 Å². The Balaban J connectivity index is 1.99. The van der Waals surface area contributed by atoms with Crippen LogP contribution in [0.2, 0.25) is 0 Å². The van der Waals surface area contributed by atoms with Crippen LogP contribution >= 0.6 is 0 Å². The molecule has 0 bridgehead atoms. The van der Waals surface area contributed by atoms with Crippen molar-refractivity contribution in [3.8, 4) is 0 Å². The number of rotatable bonds is 8. The molecule has 0 amide bonds. The minimum Gasteiger partial charge on any atom is -0.384 e. The molecule has 1 aliphatic heterocycles. The van der Waals surface area contributed by atoms with Gasteiger partial charge in [-0.3, -0.25) is 4.90 Å². The van der Waals surface area contributed by atoms with E-state index in [9.17, 15) is 9.50 Å². The Kier molecular flexibility index (Phi) is 7.00. The number of nitrogens with zero attached hydrogens (tertiary/aromatic N) is 1. The molecule has 1 heterocycles. The van der Waals surface area contributed by atoms with Gasteiger partial charge >= 0.3 is 0 Å². The normalized spacial score (nSPS) is 18.8. The van der Waals surface area contributed by atoms with Crippen LogP contribution in [0.25, 0.3) is 0 Å².